The van der Waals surface area contributed by atoms with Gasteiger partial charge in [0.05, 0.1) is 11.1 Å². The topological polar surface area (TPSA) is 53.1 Å². The molecular weight excluding hydrogens is 487 g/mol. The van der Waals surface area contributed by atoms with E-state index in [1.807, 2.05) is 67.5 Å². The number of rotatable bonds is 7. The number of hydrogen-bond donors (Lipinski definition) is 2. The van der Waals surface area contributed by atoms with Gasteiger partial charge in [0.15, 0.2) is 0 Å². The summed E-state index contributed by atoms with van der Waals surface area (Å²) in [6.45, 7) is 0.667. The van der Waals surface area contributed by atoms with Crippen molar-refractivity contribution in [2.24, 2.45) is 0 Å². The van der Waals surface area contributed by atoms with Crippen LogP contribution < -0.4 is 15.5 Å². The average Bonchev–Trinajstić information content (AvgIpc) is 2.92. The Morgan fingerprint density at radius 1 is 0.816 bits per heavy atom. The molecule has 0 aliphatic heterocycles. The molecule has 0 saturated heterocycles. The standard InChI is InChI=1S/C30H32F3N5/c1-38(2)28-26-9-5-6-10-27(26)36-29(37-28)35-24-17-15-23(16-18-24)34-19-21-7-3-4-8-25(21)20-11-13-22(14-12-20)30(31,32)33/h3-14,23-24,34H,15-19H2,1-2H3,(H,35,36,37)/t23-,24+. The maximum atomic E-state index is 13.0. The van der Waals surface area contributed by atoms with Crippen LogP contribution in [0.2, 0.25) is 0 Å². The van der Waals surface area contributed by atoms with Crippen LogP contribution in [0, 0.1) is 0 Å². The van der Waals surface area contributed by atoms with Crippen LogP contribution in [-0.4, -0.2) is 36.1 Å². The molecule has 0 bridgehead atoms. The Balaban J connectivity index is 1.19. The lowest BCUT2D eigenvalue weighted by Gasteiger charge is -2.30. The van der Waals surface area contributed by atoms with Crippen molar-refractivity contribution in [2.45, 2.75) is 50.5 Å². The van der Waals surface area contributed by atoms with Crippen LogP contribution >= 0.6 is 0 Å². The number of fused-ring (bicyclic) bond motifs is 1. The largest absolute Gasteiger partial charge is 0.416 e. The second kappa shape index (κ2) is 11.0. The molecule has 1 fully saturated rings. The van der Waals surface area contributed by atoms with E-state index in [1.54, 1.807) is 12.1 Å². The molecule has 5 nitrogen and oxygen atoms in total. The molecule has 1 aromatic heterocycles. The van der Waals surface area contributed by atoms with E-state index in [2.05, 4.69) is 10.6 Å². The van der Waals surface area contributed by atoms with E-state index in [1.165, 1.54) is 0 Å². The summed E-state index contributed by atoms with van der Waals surface area (Å²) in [7, 11) is 3.98. The molecule has 3 aromatic carbocycles. The molecule has 1 saturated carbocycles. The minimum atomic E-state index is -4.33. The minimum absolute atomic E-state index is 0.309. The summed E-state index contributed by atoms with van der Waals surface area (Å²) in [4.78, 5) is 11.5. The van der Waals surface area contributed by atoms with E-state index < -0.39 is 11.7 Å². The van der Waals surface area contributed by atoms with Gasteiger partial charge >= 0.3 is 6.18 Å². The van der Waals surface area contributed by atoms with E-state index in [4.69, 9.17) is 9.97 Å². The number of aromatic nitrogens is 2. The van der Waals surface area contributed by atoms with E-state index in [0.29, 0.717) is 24.6 Å². The number of halogens is 3. The Kier molecular flexibility index (Phi) is 7.51. The highest BCUT2D eigenvalue weighted by molar-refractivity contribution is 5.90. The zero-order valence-corrected chi connectivity index (χ0v) is 21.6. The third-order valence-corrected chi connectivity index (χ3v) is 7.19. The number of anilines is 2. The first-order chi connectivity index (χ1) is 18.3. The molecule has 198 valence electrons. The molecule has 0 radical (unpaired) electrons. The molecule has 4 aromatic rings. The molecule has 0 spiro atoms. The van der Waals surface area contributed by atoms with Gasteiger partial charge in [0, 0.05) is 38.1 Å². The summed E-state index contributed by atoms with van der Waals surface area (Å²) < 4.78 is 38.9. The summed E-state index contributed by atoms with van der Waals surface area (Å²) in [6.07, 6.45) is -0.276. The summed E-state index contributed by atoms with van der Waals surface area (Å²) in [5.41, 5.74) is 3.11. The smallest absolute Gasteiger partial charge is 0.362 e. The molecule has 0 atom stereocenters. The molecule has 1 aliphatic rings. The number of hydrogen-bond acceptors (Lipinski definition) is 5. The van der Waals surface area contributed by atoms with Gasteiger partial charge in [-0.25, -0.2) is 4.98 Å². The Hall–Kier alpha value is -3.65. The minimum Gasteiger partial charge on any atom is -0.362 e. The Morgan fingerprint density at radius 3 is 2.18 bits per heavy atom. The van der Waals surface area contributed by atoms with Crippen LogP contribution in [0.4, 0.5) is 24.9 Å². The van der Waals surface area contributed by atoms with Gasteiger partial charge in [-0.2, -0.15) is 18.2 Å². The molecule has 0 amide bonds. The van der Waals surface area contributed by atoms with Crippen LogP contribution in [0.1, 0.15) is 36.8 Å². The fraction of sp³-hybridized carbons (Fsp3) is 0.333. The van der Waals surface area contributed by atoms with Crippen LogP contribution in [0.25, 0.3) is 22.0 Å². The Labute approximate surface area is 221 Å². The van der Waals surface area contributed by atoms with Gasteiger partial charge in [-0.1, -0.05) is 48.5 Å². The van der Waals surface area contributed by atoms with E-state index in [0.717, 1.165) is 71.2 Å². The van der Waals surface area contributed by atoms with Gasteiger partial charge < -0.3 is 15.5 Å². The van der Waals surface area contributed by atoms with Crippen LogP contribution in [0.3, 0.4) is 0 Å². The van der Waals surface area contributed by atoms with Gasteiger partial charge in [-0.05, 0) is 66.6 Å². The van der Waals surface area contributed by atoms with Gasteiger partial charge in [-0.15, -0.1) is 0 Å². The second-order valence-corrected chi connectivity index (χ2v) is 10.1. The van der Waals surface area contributed by atoms with Crippen molar-refractivity contribution < 1.29 is 13.2 Å². The van der Waals surface area contributed by atoms with Crippen molar-refractivity contribution in [1.82, 2.24) is 15.3 Å². The fourth-order valence-corrected chi connectivity index (χ4v) is 5.14. The van der Waals surface area contributed by atoms with Crippen LogP contribution in [-0.2, 0) is 12.7 Å². The van der Waals surface area contributed by atoms with Gasteiger partial charge in [0.2, 0.25) is 5.95 Å². The zero-order valence-electron chi connectivity index (χ0n) is 21.6. The number of para-hydroxylation sites is 1. The second-order valence-electron chi connectivity index (χ2n) is 10.1. The molecule has 1 aliphatic carbocycles. The van der Waals surface area contributed by atoms with Crippen molar-refractivity contribution in [3.8, 4) is 11.1 Å². The Morgan fingerprint density at radius 2 is 1.47 bits per heavy atom. The maximum Gasteiger partial charge on any atom is 0.416 e. The quantitative estimate of drug-likeness (QED) is 0.278. The lowest BCUT2D eigenvalue weighted by molar-refractivity contribution is -0.137. The van der Waals surface area contributed by atoms with Crippen LogP contribution in [0.5, 0.6) is 0 Å². The molecule has 38 heavy (non-hydrogen) atoms. The number of benzene rings is 3. The Bertz CT molecular complexity index is 1380. The molecular formula is C30H32F3N5. The first kappa shape index (κ1) is 26.0. The fourth-order valence-electron chi connectivity index (χ4n) is 5.14. The zero-order chi connectivity index (χ0) is 26.7. The van der Waals surface area contributed by atoms with Crippen molar-refractivity contribution in [3.05, 3.63) is 83.9 Å². The predicted octanol–water partition coefficient (Wildman–Crippen LogP) is 6.89. The van der Waals surface area contributed by atoms with Crippen molar-refractivity contribution >= 4 is 22.7 Å². The molecule has 8 heteroatoms. The third-order valence-electron chi connectivity index (χ3n) is 7.19. The van der Waals surface area contributed by atoms with Gasteiger partial charge in [0.25, 0.3) is 0 Å². The molecule has 1 heterocycles. The summed E-state index contributed by atoms with van der Waals surface area (Å²) in [6, 6.07) is 22.0. The van der Waals surface area contributed by atoms with E-state index in [-0.39, 0.29) is 0 Å². The first-order valence-electron chi connectivity index (χ1n) is 13.0. The maximum absolute atomic E-state index is 13.0. The molecule has 2 N–H and O–H groups in total. The van der Waals surface area contributed by atoms with Crippen LogP contribution in [0.15, 0.2) is 72.8 Å². The average molecular weight is 520 g/mol. The highest BCUT2D eigenvalue weighted by Gasteiger charge is 2.30. The highest BCUT2D eigenvalue weighted by Crippen LogP contribution is 2.32. The highest BCUT2D eigenvalue weighted by atomic mass is 19.4. The van der Waals surface area contributed by atoms with Gasteiger partial charge in [0.1, 0.15) is 5.82 Å². The summed E-state index contributed by atoms with van der Waals surface area (Å²) >= 11 is 0. The van der Waals surface area contributed by atoms with Gasteiger partial charge in [-0.3, -0.25) is 0 Å². The first-order valence-corrected chi connectivity index (χ1v) is 13.0. The van der Waals surface area contributed by atoms with Crippen molar-refractivity contribution in [3.63, 3.8) is 0 Å². The van der Waals surface area contributed by atoms with E-state index >= 15 is 0 Å². The lowest BCUT2D eigenvalue weighted by Crippen LogP contribution is -2.37. The summed E-state index contributed by atoms with van der Waals surface area (Å²) in [5.74, 6) is 1.56. The molecule has 5 rings (SSSR count). The molecule has 0 unspecified atom stereocenters. The predicted molar refractivity (Wildman–Crippen MR) is 147 cm³/mol. The van der Waals surface area contributed by atoms with Crippen molar-refractivity contribution in [1.29, 1.82) is 0 Å². The van der Waals surface area contributed by atoms with Crippen molar-refractivity contribution in [2.75, 3.05) is 24.3 Å². The monoisotopic (exact) mass is 519 g/mol. The number of nitrogens with zero attached hydrogens (tertiary/aromatic N) is 3. The SMILES string of the molecule is CN(C)c1nc(N[C@H]2CC[C@@H](NCc3ccccc3-c3ccc(C(F)(F)F)cc3)CC2)nc2ccccc12. The third kappa shape index (κ3) is 5.91. The normalized spacial score (nSPS) is 17.9. The van der Waals surface area contributed by atoms with E-state index in [9.17, 15) is 13.2 Å². The number of nitrogens with one attached hydrogen (secondary N) is 2. The lowest BCUT2D eigenvalue weighted by atomic mass is 9.90. The summed E-state index contributed by atoms with van der Waals surface area (Å²) in [5, 5.41) is 8.26. The number of alkyl halides is 3.